The lowest BCUT2D eigenvalue weighted by atomic mass is 9.91. The minimum Gasteiger partial charge on any atom is -0.337 e. The number of carbonyl (C=O) groups is 1. The number of likely N-dealkylation sites (tertiary alicyclic amines) is 1. The largest absolute Gasteiger partial charge is 0.337 e. The van der Waals surface area contributed by atoms with Gasteiger partial charge in [0.2, 0.25) is 5.91 Å². The number of carbonyl (C=O) groups excluding carboxylic acids is 1. The Bertz CT molecular complexity index is 221. The molecule has 15 heavy (non-hydrogen) atoms. The van der Waals surface area contributed by atoms with Crippen LogP contribution in [0.25, 0.3) is 0 Å². The van der Waals surface area contributed by atoms with E-state index in [1.165, 1.54) is 0 Å². The van der Waals surface area contributed by atoms with E-state index in [4.69, 9.17) is 5.90 Å². The molecule has 1 fully saturated rings. The van der Waals surface area contributed by atoms with Crippen molar-refractivity contribution < 1.29 is 9.63 Å². The molecule has 4 heteroatoms. The van der Waals surface area contributed by atoms with Crippen molar-refractivity contribution in [3.05, 3.63) is 0 Å². The Labute approximate surface area is 91.7 Å². The monoisotopic (exact) mass is 214 g/mol. The summed E-state index contributed by atoms with van der Waals surface area (Å²) in [6.07, 6.45) is 3.24. The van der Waals surface area contributed by atoms with Crippen molar-refractivity contribution in [3.63, 3.8) is 0 Å². The van der Waals surface area contributed by atoms with Gasteiger partial charge in [0, 0.05) is 12.0 Å². The van der Waals surface area contributed by atoms with Crippen molar-refractivity contribution in [3.8, 4) is 0 Å². The van der Waals surface area contributed by atoms with E-state index >= 15 is 0 Å². The molecule has 0 aromatic heterocycles. The first kappa shape index (κ1) is 12.5. The highest BCUT2D eigenvalue weighted by atomic mass is 16.6. The first-order chi connectivity index (χ1) is 6.96. The Morgan fingerprint density at radius 1 is 1.47 bits per heavy atom. The van der Waals surface area contributed by atoms with Gasteiger partial charge in [0.15, 0.2) is 0 Å². The zero-order chi connectivity index (χ0) is 11.5. The van der Waals surface area contributed by atoms with Crippen LogP contribution in [-0.2, 0) is 9.63 Å². The van der Waals surface area contributed by atoms with Crippen molar-refractivity contribution in [1.29, 1.82) is 0 Å². The Kier molecular flexibility index (Phi) is 4.11. The predicted molar refractivity (Wildman–Crippen MR) is 58.9 cm³/mol. The molecule has 1 unspecified atom stereocenters. The number of hydrogen-bond acceptors (Lipinski definition) is 3. The molecule has 4 nitrogen and oxygen atoms in total. The molecule has 0 spiro atoms. The van der Waals surface area contributed by atoms with Crippen LogP contribution in [0.4, 0.5) is 0 Å². The third-order valence-electron chi connectivity index (χ3n) is 2.82. The van der Waals surface area contributed by atoms with Gasteiger partial charge in [-0.15, -0.1) is 0 Å². The highest BCUT2D eigenvalue weighted by Crippen LogP contribution is 2.24. The van der Waals surface area contributed by atoms with Crippen molar-refractivity contribution in [2.24, 2.45) is 11.3 Å². The van der Waals surface area contributed by atoms with Crippen molar-refractivity contribution in [2.45, 2.75) is 46.1 Å². The maximum absolute atomic E-state index is 12.1. The van der Waals surface area contributed by atoms with Crippen LogP contribution in [0, 0.1) is 5.41 Å². The zero-order valence-corrected chi connectivity index (χ0v) is 9.95. The maximum Gasteiger partial charge on any atom is 0.228 e. The summed E-state index contributed by atoms with van der Waals surface area (Å²) >= 11 is 0. The van der Waals surface area contributed by atoms with Crippen molar-refractivity contribution in [1.82, 2.24) is 4.90 Å². The number of rotatable bonds is 2. The van der Waals surface area contributed by atoms with Crippen molar-refractivity contribution >= 4 is 5.91 Å². The first-order valence-electron chi connectivity index (χ1n) is 5.59. The topological polar surface area (TPSA) is 55.6 Å². The number of piperidine rings is 1. The summed E-state index contributed by atoms with van der Waals surface area (Å²) in [5, 5.41) is 0. The summed E-state index contributed by atoms with van der Waals surface area (Å²) in [6.45, 7) is 7.13. The molecule has 1 saturated heterocycles. The van der Waals surface area contributed by atoms with Crippen LogP contribution in [0.1, 0.15) is 40.0 Å². The van der Waals surface area contributed by atoms with Gasteiger partial charge in [0.25, 0.3) is 0 Å². The SMILES string of the molecule is CC(C)(C)C(=O)N1CCCCC1CON. The summed E-state index contributed by atoms with van der Waals surface area (Å²) < 4.78 is 0. The molecule has 0 aromatic carbocycles. The summed E-state index contributed by atoms with van der Waals surface area (Å²) in [5.41, 5.74) is -0.315. The first-order valence-corrected chi connectivity index (χ1v) is 5.59. The second-order valence-electron chi connectivity index (χ2n) is 5.23. The van der Waals surface area contributed by atoms with Crippen LogP contribution >= 0.6 is 0 Å². The fraction of sp³-hybridized carbons (Fsp3) is 0.909. The number of nitrogens with two attached hydrogens (primary N) is 1. The van der Waals surface area contributed by atoms with Crippen LogP contribution in [0.2, 0.25) is 0 Å². The molecule has 0 saturated carbocycles. The Morgan fingerprint density at radius 2 is 2.13 bits per heavy atom. The summed E-state index contributed by atoms with van der Waals surface area (Å²) in [6, 6.07) is 0.162. The van der Waals surface area contributed by atoms with Crippen LogP contribution in [0.15, 0.2) is 0 Å². The van der Waals surface area contributed by atoms with Crippen LogP contribution < -0.4 is 5.90 Å². The lowest BCUT2D eigenvalue weighted by Gasteiger charge is -2.38. The third kappa shape index (κ3) is 3.18. The van der Waals surface area contributed by atoms with E-state index in [-0.39, 0.29) is 17.4 Å². The zero-order valence-electron chi connectivity index (χ0n) is 9.95. The molecule has 0 radical (unpaired) electrons. The van der Waals surface area contributed by atoms with Gasteiger partial charge in [0.05, 0.1) is 12.6 Å². The minimum absolute atomic E-state index is 0.162. The molecular formula is C11H22N2O2. The summed E-state index contributed by atoms with van der Waals surface area (Å²) in [5.74, 6) is 5.29. The van der Waals surface area contributed by atoms with E-state index in [0.29, 0.717) is 6.61 Å². The maximum atomic E-state index is 12.1. The quantitative estimate of drug-likeness (QED) is 0.705. The van der Waals surface area contributed by atoms with Crippen LogP contribution in [-0.4, -0.2) is 30.0 Å². The normalized spacial score (nSPS) is 22.9. The summed E-state index contributed by atoms with van der Waals surface area (Å²) in [7, 11) is 0. The third-order valence-corrected chi connectivity index (χ3v) is 2.82. The van der Waals surface area contributed by atoms with Gasteiger partial charge in [-0.1, -0.05) is 20.8 Å². The highest BCUT2D eigenvalue weighted by Gasteiger charge is 2.33. The van der Waals surface area contributed by atoms with Crippen LogP contribution in [0.3, 0.4) is 0 Å². The molecule has 1 atom stereocenters. The predicted octanol–water partition coefficient (Wildman–Crippen LogP) is 1.30. The molecular weight excluding hydrogens is 192 g/mol. The van der Waals surface area contributed by atoms with Gasteiger partial charge in [-0.3, -0.25) is 4.79 Å². The van der Waals surface area contributed by atoms with E-state index < -0.39 is 0 Å². The standard InChI is InChI=1S/C11H22N2O2/c1-11(2,3)10(14)13-7-5-4-6-9(13)8-15-12/h9H,4-8,12H2,1-3H3. The van der Waals surface area contributed by atoms with E-state index in [9.17, 15) is 4.79 Å². The second-order valence-corrected chi connectivity index (χ2v) is 5.23. The van der Waals surface area contributed by atoms with E-state index in [0.717, 1.165) is 25.8 Å². The molecule has 88 valence electrons. The van der Waals surface area contributed by atoms with Gasteiger partial charge < -0.3 is 9.74 Å². The lowest BCUT2D eigenvalue weighted by molar-refractivity contribution is -0.145. The molecule has 1 rings (SSSR count). The second kappa shape index (κ2) is 4.94. The fourth-order valence-corrected chi connectivity index (χ4v) is 1.98. The molecule has 0 aliphatic carbocycles. The van der Waals surface area contributed by atoms with Gasteiger partial charge in [0.1, 0.15) is 0 Å². The van der Waals surface area contributed by atoms with Gasteiger partial charge in [-0.25, -0.2) is 5.90 Å². The molecule has 0 bridgehead atoms. The summed E-state index contributed by atoms with van der Waals surface area (Å²) in [4.78, 5) is 18.7. The fourth-order valence-electron chi connectivity index (χ4n) is 1.98. The average molecular weight is 214 g/mol. The molecule has 1 heterocycles. The number of amides is 1. The Morgan fingerprint density at radius 3 is 2.67 bits per heavy atom. The molecule has 1 amide bonds. The number of nitrogens with zero attached hydrogens (tertiary/aromatic N) is 1. The lowest BCUT2D eigenvalue weighted by Crippen LogP contribution is -2.50. The van der Waals surface area contributed by atoms with Crippen LogP contribution in [0.5, 0.6) is 0 Å². The molecule has 1 aliphatic heterocycles. The van der Waals surface area contributed by atoms with Gasteiger partial charge in [-0.05, 0) is 19.3 Å². The van der Waals surface area contributed by atoms with Crippen molar-refractivity contribution in [2.75, 3.05) is 13.2 Å². The Hall–Kier alpha value is -0.610. The molecule has 2 N–H and O–H groups in total. The van der Waals surface area contributed by atoms with Gasteiger partial charge in [-0.2, -0.15) is 0 Å². The highest BCUT2D eigenvalue weighted by molar-refractivity contribution is 5.81. The van der Waals surface area contributed by atoms with E-state index in [1.807, 2.05) is 25.7 Å². The van der Waals surface area contributed by atoms with E-state index in [1.54, 1.807) is 0 Å². The smallest absolute Gasteiger partial charge is 0.228 e. The minimum atomic E-state index is -0.315. The average Bonchev–Trinajstić information content (AvgIpc) is 2.17. The molecule has 0 aromatic rings. The number of hydrogen-bond donors (Lipinski definition) is 1. The van der Waals surface area contributed by atoms with E-state index in [2.05, 4.69) is 4.84 Å². The molecule has 1 aliphatic rings. The Balaban J connectivity index is 2.67. The van der Waals surface area contributed by atoms with Gasteiger partial charge >= 0.3 is 0 Å².